The van der Waals surface area contributed by atoms with Gasteiger partial charge in [0.1, 0.15) is 6.04 Å². The molecule has 0 aliphatic carbocycles. The van der Waals surface area contributed by atoms with Gasteiger partial charge in [-0.25, -0.2) is 0 Å². The van der Waals surface area contributed by atoms with Crippen LogP contribution in [0.4, 0.5) is 0 Å². The molecule has 0 saturated heterocycles. The molecule has 0 radical (unpaired) electrons. The van der Waals surface area contributed by atoms with Gasteiger partial charge in [-0.1, -0.05) is 0 Å². The largest absolute Gasteiger partial charge is 0.357 e. The lowest BCUT2D eigenvalue weighted by molar-refractivity contribution is -0.127. The molecule has 0 aromatic carbocycles. The third-order valence-corrected chi connectivity index (χ3v) is 0.987. The van der Waals surface area contributed by atoms with Crippen molar-refractivity contribution in [3.63, 3.8) is 0 Å². The average molecular weight is 147 g/mol. The summed E-state index contributed by atoms with van der Waals surface area (Å²) in [6.45, 7) is -1.30. The maximum Gasteiger partial charge on any atom is 0.242 e. The summed E-state index contributed by atoms with van der Waals surface area (Å²) < 4.78 is 20.2. The Morgan fingerprint density at radius 2 is 2.20 bits per heavy atom. The van der Waals surface area contributed by atoms with E-state index >= 15 is 0 Å². The molecule has 0 rings (SSSR count). The van der Waals surface area contributed by atoms with Gasteiger partial charge >= 0.3 is 0 Å². The summed E-state index contributed by atoms with van der Waals surface area (Å²) in [5, 5.41) is 4.34. The predicted molar refractivity (Wildman–Crippen MR) is 37.3 cm³/mol. The first-order valence-corrected chi connectivity index (χ1v) is 2.81. The van der Waals surface area contributed by atoms with E-state index in [2.05, 4.69) is 10.6 Å². The van der Waals surface area contributed by atoms with Gasteiger partial charge in [-0.2, -0.15) is 0 Å². The zero-order chi connectivity index (χ0) is 10.6. The number of amides is 2. The molecule has 0 aromatic rings. The number of carbonyl (C=O) groups excluding carboxylic acids is 2. The number of rotatable bonds is 2. The van der Waals surface area contributed by atoms with Crippen LogP contribution in [-0.2, 0) is 9.59 Å². The smallest absolute Gasteiger partial charge is 0.242 e. The Kier molecular flexibility index (Phi) is 1.82. The van der Waals surface area contributed by atoms with E-state index < -0.39 is 24.7 Å². The highest BCUT2D eigenvalue weighted by Gasteiger charge is 2.09. The zero-order valence-corrected chi connectivity index (χ0v) is 5.89. The van der Waals surface area contributed by atoms with Gasteiger partial charge in [0.15, 0.2) is 0 Å². The van der Waals surface area contributed by atoms with Crippen LogP contribution in [-0.4, -0.2) is 24.9 Å². The van der Waals surface area contributed by atoms with Crippen LogP contribution >= 0.6 is 0 Å². The van der Waals surface area contributed by atoms with Crippen LogP contribution < -0.4 is 10.6 Å². The Bertz CT molecular complexity index is 214. The maximum atomic E-state index is 10.9. The standard InChI is InChI=1S/C6H12N2O2/c1-4(6(10)7-3)8-5(2)9/h4H,1-3H3,(H,7,10)(H,8,9)/t4-/m0/s1/i2D3. The predicted octanol–water partition coefficient (Wildman–Crippen LogP) is -0.743. The maximum absolute atomic E-state index is 10.9. The molecule has 0 saturated carbocycles. The fourth-order valence-electron chi connectivity index (χ4n) is 0.479. The van der Waals surface area contributed by atoms with E-state index in [1.165, 1.54) is 14.0 Å². The summed E-state index contributed by atoms with van der Waals surface area (Å²) in [4.78, 5) is 21.7. The number of hydrogen-bond donors (Lipinski definition) is 2. The van der Waals surface area contributed by atoms with Gasteiger partial charge in [0.05, 0.1) is 0 Å². The zero-order valence-electron chi connectivity index (χ0n) is 8.89. The highest BCUT2D eigenvalue weighted by Crippen LogP contribution is 1.79. The molecule has 0 fully saturated rings. The molecule has 58 valence electrons. The minimum atomic E-state index is -2.71. The molecular weight excluding hydrogens is 132 g/mol. The van der Waals surface area contributed by atoms with Crippen molar-refractivity contribution in [2.45, 2.75) is 19.8 Å². The molecule has 0 aliphatic rings. The Morgan fingerprint density at radius 3 is 2.60 bits per heavy atom. The third kappa shape index (κ3) is 3.06. The van der Waals surface area contributed by atoms with Gasteiger partial charge in [0, 0.05) is 18.0 Å². The van der Waals surface area contributed by atoms with E-state index in [-0.39, 0.29) is 0 Å². The van der Waals surface area contributed by atoms with Crippen LogP contribution in [0.15, 0.2) is 0 Å². The minimum Gasteiger partial charge on any atom is -0.357 e. The molecule has 0 spiro atoms. The van der Waals surface area contributed by atoms with Gasteiger partial charge < -0.3 is 10.6 Å². The molecule has 1 atom stereocenters. The van der Waals surface area contributed by atoms with Crippen LogP contribution in [0.1, 0.15) is 17.9 Å². The second kappa shape index (κ2) is 3.87. The summed E-state index contributed by atoms with van der Waals surface area (Å²) in [7, 11) is 1.40. The van der Waals surface area contributed by atoms with E-state index in [1.54, 1.807) is 0 Å². The van der Waals surface area contributed by atoms with Crippen molar-refractivity contribution in [3.8, 4) is 0 Å². The SMILES string of the molecule is [2H]C([2H])([2H])C(=O)N[C@@H](C)C(=O)NC. The molecule has 0 unspecified atom stereocenters. The van der Waals surface area contributed by atoms with Crippen LogP contribution in [0, 0.1) is 0 Å². The average Bonchev–Trinajstić information content (AvgIpc) is 2.01. The summed E-state index contributed by atoms with van der Waals surface area (Å²) in [6, 6.07) is -0.835. The van der Waals surface area contributed by atoms with E-state index in [9.17, 15) is 9.59 Å². The van der Waals surface area contributed by atoms with Crippen LogP contribution in [0.2, 0.25) is 0 Å². The van der Waals surface area contributed by atoms with Crippen molar-refractivity contribution >= 4 is 11.8 Å². The van der Waals surface area contributed by atoms with Crippen molar-refractivity contribution in [3.05, 3.63) is 0 Å². The lowest BCUT2D eigenvalue weighted by Gasteiger charge is -2.09. The number of carbonyl (C=O) groups is 2. The quantitative estimate of drug-likeness (QED) is 0.540. The van der Waals surface area contributed by atoms with Crippen molar-refractivity contribution in [2.24, 2.45) is 0 Å². The monoisotopic (exact) mass is 147 g/mol. The second-order valence-corrected chi connectivity index (χ2v) is 1.81. The minimum absolute atomic E-state index is 0.433. The van der Waals surface area contributed by atoms with Crippen molar-refractivity contribution in [2.75, 3.05) is 7.05 Å². The lowest BCUT2D eigenvalue weighted by atomic mass is 10.3. The Balaban J connectivity index is 4.15. The molecule has 0 bridgehead atoms. The molecule has 4 heteroatoms. The Morgan fingerprint density at radius 1 is 1.60 bits per heavy atom. The summed E-state index contributed by atoms with van der Waals surface area (Å²) in [5.41, 5.74) is 0. The van der Waals surface area contributed by atoms with Gasteiger partial charge in [0.2, 0.25) is 11.8 Å². The summed E-state index contributed by atoms with van der Waals surface area (Å²) in [6.07, 6.45) is 0. The molecule has 2 amide bonds. The topological polar surface area (TPSA) is 58.2 Å². The van der Waals surface area contributed by atoms with E-state index in [0.29, 0.717) is 0 Å². The summed E-state index contributed by atoms with van der Waals surface area (Å²) in [5.74, 6) is -1.55. The van der Waals surface area contributed by atoms with Crippen LogP contribution in [0.5, 0.6) is 0 Å². The molecular formula is C6H12N2O2. The first kappa shape index (κ1) is 4.71. The van der Waals surface area contributed by atoms with Crippen LogP contribution in [0.3, 0.4) is 0 Å². The highest BCUT2D eigenvalue weighted by molar-refractivity contribution is 5.86. The van der Waals surface area contributed by atoms with Crippen LogP contribution in [0.25, 0.3) is 0 Å². The number of likely N-dealkylation sites (N-methyl/N-ethyl adjacent to an activating group) is 1. The number of nitrogens with one attached hydrogen (secondary N) is 2. The van der Waals surface area contributed by atoms with E-state index in [4.69, 9.17) is 4.11 Å². The third-order valence-electron chi connectivity index (χ3n) is 0.987. The van der Waals surface area contributed by atoms with Gasteiger partial charge in [-0.15, -0.1) is 0 Å². The number of hydrogen-bond acceptors (Lipinski definition) is 2. The van der Waals surface area contributed by atoms with Crippen molar-refractivity contribution in [1.29, 1.82) is 0 Å². The molecule has 0 aliphatic heterocycles. The molecule has 0 heterocycles. The van der Waals surface area contributed by atoms with Crippen molar-refractivity contribution < 1.29 is 13.7 Å². The lowest BCUT2D eigenvalue weighted by Crippen LogP contribution is -2.42. The molecule has 4 nitrogen and oxygen atoms in total. The van der Waals surface area contributed by atoms with Gasteiger partial charge in [-0.3, -0.25) is 9.59 Å². The van der Waals surface area contributed by atoms with Gasteiger partial charge in [-0.05, 0) is 6.92 Å². The normalized spacial score (nSPS) is 17.6. The van der Waals surface area contributed by atoms with Gasteiger partial charge in [0.25, 0.3) is 0 Å². The summed E-state index contributed by atoms with van der Waals surface area (Å²) >= 11 is 0. The first-order chi connectivity index (χ1) is 5.79. The fourth-order valence-corrected chi connectivity index (χ4v) is 0.479. The molecule has 10 heavy (non-hydrogen) atoms. The first-order valence-electron chi connectivity index (χ1n) is 4.31. The molecule has 2 N–H and O–H groups in total. The van der Waals surface area contributed by atoms with E-state index in [1.807, 2.05) is 0 Å². The highest BCUT2D eigenvalue weighted by atomic mass is 16.2. The van der Waals surface area contributed by atoms with Crippen molar-refractivity contribution in [1.82, 2.24) is 10.6 Å². The molecule has 0 aromatic heterocycles. The fraction of sp³-hybridized carbons (Fsp3) is 0.667. The van der Waals surface area contributed by atoms with E-state index in [0.717, 1.165) is 0 Å². The Labute approximate surface area is 64.2 Å². The second-order valence-electron chi connectivity index (χ2n) is 1.81. The Hall–Kier alpha value is -1.06.